The average molecular weight is 593 g/mol. The van der Waals surface area contributed by atoms with Gasteiger partial charge in [0.2, 0.25) is 0 Å². The molecule has 0 aliphatic carbocycles. The first-order valence-electron chi connectivity index (χ1n) is 16.3. The van der Waals surface area contributed by atoms with E-state index in [9.17, 15) is 5.11 Å². The zero-order valence-electron chi connectivity index (χ0n) is 27.4. The van der Waals surface area contributed by atoms with Crippen LogP contribution in [0.2, 0.25) is 5.04 Å². The second-order valence-corrected chi connectivity index (χ2v) is 18.9. The van der Waals surface area contributed by atoms with Crippen LogP contribution in [0.25, 0.3) is 0 Å². The van der Waals surface area contributed by atoms with Gasteiger partial charge in [0, 0.05) is 19.4 Å². The number of aliphatic hydroxyl groups excluding tert-OH is 1. The van der Waals surface area contributed by atoms with Gasteiger partial charge in [0.25, 0.3) is 8.32 Å². The number of ether oxygens (including phenoxy) is 2. The number of hydrogen-bond acceptors (Lipinski definition) is 4. The first kappa shape index (κ1) is 33.1. The number of hydrogen-bond donors (Lipinski definition) is 1. The van der Waals surface area contributed by atoms with Gasteiger partial charge in [-0.3, -0.25) is 0 Å². The SMILES string of the molecule is C/C(=C\C[C@@H]1C[C@H](O[Si](c2ccccc2)(c2ccccc2)C(C)(C)C)C[C@]2(CC[C@H](C)[C@@H](C(C)C)O2)O1)C[C@@H](C)CO. The topological polar surface area (TPSA) is 47.9 Å². The van der Waals surface area contributed by atoms with E-state index in [0.29, 0.717) is 11.8 Å². The van der Waals surface area contributed by atoms with Crippen molar-refractivity contribution < 1.29 is 19.0 Å². The fourth-order valence-electron chi connectivity index (χ4n) is 7.39. The summed E-state index contributed by atoms with van der Waals surface area (Å²) in [6.45, 7) is 18.4. The maximum absolute atomic E-state index is 9.57. The van der Waals surface area contributed by atoms with E-state index in [-0.39, 0.29) is 35.9 Å². The van der Waals surface area contributed by atoms with E-state index in [2.05, 4.69) is 122 Å². The minimum Gasteiger partial charge on any atom is -0.404 e. The fourth-order valence-corrected chi connectivity index (χ4v) is 12.1. The summed E-state index contributed by atoms with van der Waals surface area (Å²) in [5.74, 6) is 0.582. The Kier molecular flexibility index (Phi) is 11.0. The average Bonchev–Trinajstić information content (AvgIpc) is 2.96. The van der Waals surface area contributed by atoms with Crippen molar-refractivity contribution in [3.8, 4) is 0 Å². The molecule has 2 fully saturated rings. The maximum atomic E-state index is 9.57. The molecule has 232 valence electrons. The second-order valence-electron chi connectivity index (χ2n) is 14.6. The van der Waals surface area contributed by atoms with Crippen molar-refractivity contribution in [1.82, 2.24) is 0 Å². The maximum Gasteiger partial charge on any atom is 0.261 e. The predicted molar refractivity (Wildman–Crippen MR) is 177 cm³/mol. The smallest absolute Gasteiger partial charge is 0.261 e. The predicted octanol–water partition coefficient (Wildman–Crippen LogP) is 7.63. The molecule has 0 aromatic heterocycles. The van der Waals surface area contributed by atoms with Crippen LogP contribution in [0, 0.1) is 17.8 Å². The van der Waals surface area contributed by atoms with Gasteiger partial charge < -0.3 is 19.0 Å². The minimum atomic E-state index is -2.72. The fraction of sp³-hybridized carbons (Fsp3) is 0.622. The van der Waals surface area contributed by atoms with Gasteiger partial charge >= 0.3 is 0 Å². The lowest BCUT2D eigenvalue weighted by molar-refractivity contribution is -0.338. The lowest BCUT2D eigenvalue weighted by atomic mass is 9.83. The van der Waals surface area contributed by atoms with Gasteiger partial charge in [-0.25, -0.2) is 0 Å². The number of allylic oxidation sites excluding steroid dienone is 1. The van der Waals surface area contributed by atoms with Crippen LogP contribution in [0.5, 0.6) is 0 Å². The van der Waals surface area contributed by atoms with Crippen LogP contribution in [0.4, 0.5) is 0 Å². The van der Waals surface area contributed by atoms with Crippen molar-refractivity contribution in [1.29, 1.82) is 0 Å². The first-order chi connectivity index (χ1) is 19.9. The van der Waals surface area contributed by atoms with Crippen molar-refractivity contribution in [2.45, 2.75) is 123 Å². The largest absolute Gasteiger partial charge is 0.404 e. The summed E-state index contributed by atoms with van der Waals surface area (Å²) in [6, 6.07) is 21.9. The summed E-state index contributed by atoms with van der Waals surface area (Å²) in [6.07, 6.45) is 7.87. The Morgan fingerprint density at radius 2 is 1.62 bits per heavy atom. The highest BCUT2D eigenvalue weighted by Crippen LogP contribution is 2.46. The third kappa shape index (κ3) is 7.47. The summed E-state index contributed by atoms with van der Waals surface area (Å²) in [5.41, 5.74) is 1.31. The molecule has 5 heteroatoms. The number of benzene rings is 2. The standard InChI is InChI=1S/C37H56O4Si/c1-27(2)35-30(5)21-22-37(40-35)25-32(24-31(39-37)20-19-28(3)23-29(4)26-38)41-42(36(6,7)8,33-15-11-9-12-16-33)34-17-13-10-14-18-34/h9-19,27,29-32,35,38H,20-26H2,1-8H3/b28-19+/t29-,30+,31-,32+,35-,37-/m1/s1. The van der Waals surface area contributed by atoms with Gasteiger partial charge in [-0.15, -0.1) is 0 Å². The highest BCUT2D eigenvalue weighted by atomic mass is 28.4. The summed E-state index contributed by atoms with van der Waals surface area (Å²) >= 11 is 0. The molecule has 0 radical (unpaired) electrons. The molecular weight excluding hydrogens is 536 g/mol. The van der Waals surface area contributed by atoms with E-state index in [0.717, 1.165) is 38.5 Å². The number of aliphatic hydroxyl groups is 1. The molecule has 2 aliphatic heterocycles. The van der Waals surface area contributed by atoms with Gasteiger partial charge in [-0.05, 0) is 65.8 Å². The summed E-state index contributed by atoms with van der Waals surface area (Å²) < 4.78 is 21.7. The normalized spacial score (nSPS) is 28.3. The van der Waals surface area contributed by atoms with Crippen molar-refractivity contribution in [2.24, 2.45) is 17.8 Å². The highest BCUT2D eigenvalue weighted by molar-refractivity contribution is 6.99. The van der Waals surface area contributed by atoms with E-state index in [1.807, 2.05) is 0 Å². The van der Waals surface area contributed by atoms with Crippen LogP contribution < -0.4 is 10.4 Å². The van der Waals surface area contributed by atoms with E-state index >= 15 is 0 Å². The summed E-state index contributed by atoms with van der Waals surface area (Å²) in [5, 5.41) is 12.1. The lowest BCUT2D eigenvalue weighted by Crippen LogP contribution is -2.69. The van der Waals surface area contributed by atoms with Crippen molar-refractivity contribution >= 4 is 18.7 Å². The zero-order valence-corrected chi connectivity index (χ0v) is 28.4. The Morgan fingerprint density at radius 3 is 2.14 bits per heavy atom. The molecule has 0 unspecified atom stereocenters. The summed E-state index contributed by atoms with van der Waals surface area (Å²) in [7, 11) is -2.72. The quantitative estimate of drug-likeness (QED) is 0.228. The Labute approximate surface area is 257 Å². The first-order valence-corrected chi connectivity index (χ1v) is 18.2. The van der Waals surface area contributed by atoms with Crippen LogP contribution in [-0.2, 0) is 13.9 Å². The van der Waals surface area contributed by atoms with Crippen molar-refractivity contribution in [3.05, 3.63) is 72.3 Å². The molecule has 1 spiro atoms. The van der Waals surface area contributed by atoms with E-state index in [1.165, 1.54) is 15.9 Å². The van der Waals surface area contributed by atoms with Crippen LogP contribution in [0.3, 0.4) is 0 Å². The Bertz CT molecular complexity index is 1100. The van der Waals surface area contributed by atoms with Crippen molar-refractivity contribution in [2.75, 3.05) is 6.61 Å². The Hall–Kier alpha value is -1.76. The zero-order chi connectivity index (χ0) is 30.5. The van der Waals surface area contributed by atoms with Gasteiger partial charge in [-0.2, -0.15) is 0 Å². The molecule has 2 heterocycles. The third-order valence-corrected chi connectivity index (χ3v) is 14.6. The monoisotopic (exact) mass is 592 g/mol. The molecular formula is C37H56O4Si. The third-order valence-electron chi connectivity index (χ3n) is 9.47. The van der Waals surface area contributed by atoms with Crippen LogP contribution >= 0.6 is 0 Å². The van der Waals surface area contributed by atoms with Crippen LogP contribution in [-0.4, -0.2) is 44.1 Å². The Morgan fingerprint density at radius 1 is 1.02 bits per heavy atom. The molecule has 42 heavy (non-hydrogen) atoms. The number of rotatable bonds is 10. The molecule has 4 nitrogen and oxygen atoms in total. The molecule has 2 aliphatic rings. The molecule has 0 amide bonds. The molecule has 2 saturated heterocycles. The van der Waals surface area contributed by atoms with Crippen LogP contribution in [0.15, 0.2) is 72.3 Å². The van der Waals surface area contributed by atoms with E-state index in [4.69, 9.17) is 13.9 Å². The van der Waals surface area contributed by atoms with Crippen molar-refractivity contribution in [3.63, 3.8) is 0 Å². The highest BCUT2D eigenvalue weighted by Gasteiger charge is 2.55. The molecule has 1 N–H and O–H groups in total. The van der Waals surface area contributed by atoms with Gasteiger partial charge in [0.15, 0.2) is 5.79 Å². The molecule has 6 atom stereocenters. The molecule has 4 rings (SSSR count). The molecule has 0 bridgehead atoms. The van der Waals surface area contributed by atoms with Gasteiger partial charge in [0.05, 0.1) is 18.3 Å². The lowest BCUT2D eigenvalue weighted by Gasteiger charge is -2.53. The van der Waals surface area contributed by atoms with Gasteiger partial charge in [0.1, 0.15) is 0 Å². The van der Waals surface area contributed by atoms with Crippen LogP contribution in [0.1, 0.15) is 93.9 Å². The second kappa shape index (κ2) is 13.9. The van der Waals surface area contributed by atoms with E-state index < -0.39 is 14.1 Å². The molecule has 2 aromatic carbocycles. The van der Waals surface area contributed by atoms with Gasteiger partial charge in [-0.1, -0.05) is 121 Å². The molecule has 2 aromatic rings. The molecule has 0 saturated carbocycles. The Balaban J connectivity index is 1.73. The van der Waals surface area contributed by atoms with E-state index in [1.54, 1.807) is 0 Å². The minimum absolute atomic E-state index is 0.0151. The summed E-state index contributed by atoms with van der Waals surface area (Å²) in [4.78, 5) is 0.